The van der Waals surface area contributed by atoms with E-state index >= 15 is 0 Å². The fourth-order valence-electron chi connectivity index (χ4n) is 2.41. The molecule has 2 aliphatic rings. The van der Waals surface area contributed by atoms with Crippen LogP contribution in [0, 0.1) is 0 Å². The molecule has 1 aromatic rings. The van der Waals surface area contributed by atoms with Gasteiger partial charge < -0.3 is 24.8 Å². The van der Waals surface area contributed by atoms with E-state index in [0.717, 1.165) is 34.6 Å². The van der Waals surface area contributed by atoms with Crippen LogP contribution in [-0.4, -0.2) is 43.5 Å². The quantitative estimate of drug-likeness (QED) is 0.397. The van der Waals surface area contributed by atoms with Gasteiger partial charge in [-0.3, -0.25) is 0 Å². The van der Waals surface area contributed by atoms with Crippen LogP contribution >= 0.6 is 39.9 Å². The van der Waals surface area contributed by atoms with Gasteiger partial charge in [0.15, 0.2) is 17.5 Å². The summed E-state index contributed by atoms with van der Waals surface area (Å²) >= 11 is 3.48. The summed E-state index contributed by atoms with van der Waals surface area (Å²) in [5, 5.41) is 0. The zero-order chi connectivity index (χ0) is 14.8. The van der Waals surface area contributed by atoms with Crippen LogP contribution in [0.5, 0.6) is 11.5 Å². The summed E-state index contributed by atoms with van der Waals surface area (Å²) in [5.74, 6) is 2.05. The van der Waals surface area contributed by atoms with Gasteiger partial charge in [0.1, 0.15) is 0 Å². The first-order valence-electron chi connectivity index (χ1n) is 6.88. The van der Waals surface area contributed by atoms with Gasteiger partial charge in [0.25, 0.3) is 0 Å². The lowest BCUT2D eigenvalue weighted by Crippen LogP contribution is -2.47. The van der Waals surface area contributed by atoms with Crippen LogP contribution in [0.3, 0.4) is 0 Å². The highest BCUT2D eigenvalue weighted by Crippen LogP contribution is 2.40. The summed E-state index contributed by atoms with van der Waals surface area (Å²) in [6.45, 7) is 5.05. The molecule has 0 amide bonds. The van der Waals surface area contributed by atoms with Gasteiger partial charge in [0.2, 0.25) is 6.79 Å². The van der Waals surface area contributed by atoms with Crippen molar-refractivity contribution in [3.05, 3.63) is 22.2 Å². The van der Waals surface area contributed by atoms with E-state index in [1.807, 2.05) is 19.1 Å². The lowest BCUT2D eigenvalue weighted by Gasteiger charge is -2.31. The van der Waals surface area contributed by atoms with Crippen LogP contribution in [0.2, 0.25) is 0 Å². The number of aliphatic imine (C=N–C) groups is 1. The average Bonchev–Trinajstić information content (AvgIpc) is 2.93. The van der Waals surface area contributed by atoms with Gasteiger partial charge in [-0.05, 0) is 40.5 Å². The largest absolute Gasteiger partial charge is 0.454 e. The van der Waals surface area contributed by atoms with Crippen LogP contribution in [-0.2, 0) is 11.3 Å². The van der Waals surface area contributed by atoms with E-state index in [4.69, 9.17) is 19.9 Å². The Labute approximate surface area is 155 Å². The second-order valence-corrected chi connectivity index (χ2v) is 5.97. The summed E-state index contributed by atoms with van der Waals surface area (Å²) in [6.07, 6.45) is 0.187. The molecule has 2 heterocycles. The Kier molecular flexibility index (Phi) is 6.16. The maximum Gasteiger partial charge on any atom is 0.231 e. The molecule has 1 saturated heterocycles. The van der Waals surface area contributed by atoms with Crippen molar-refractivity contribution in [2.24, 2.45) is 10.7 Å². The number of halogens is 2. The first-order chi connectivity index (χ1) is 10.1. The van der Waals surface area contributed by atoms with E-state index in [1.165, 1.54) is 0 Å². The molecule has 0 saturated carbocycles. The normalized spacial score (nSPS) is 20.7. The number of hydrogen-bond acceptors (Lipinski definition) is 4. The Morgan fingerprint density at radius 3 is 3.05 bits per heavy atom. The summed E-state index contributed by atoms with van der Waals surface area (Å²) in [4.78, 5) is 6.52. The van der Waals surface area contributed by atoms with Gasteiger partial charge in [-0.25, -0.2) is 4.99 Å². The van der Waals surface area contributed by atoms with Crippen LogP contribution in [0.25, 0.3) is 0 Å². The third-order valence-corrected chi connectivity index (χ3v) is 4.06. The van der Waals surface area contributed by atoms with E-state index in [2.05, 4.69) is 25.8 Å². The van der Waals surface area contributed by atoms with Crippen molar-refractivity contribution >= 4 is 45.9 Å². The second-order valence-electron chi connectivity index (χ2n) is 5.11. The Morgan fingerprint density at radius 2 is 2.27 bits per heavy atom. The minimum Gasteiger partial charge on any atom is -0.454 e. The van der Waals surface area contributed by atoms with Gasteiger partial charge >= 0.3 is 0 Å². The lowest BCUT2D eigenvalue weighted by molar-refractivity contribution is 0.00529. The molecule has 0 aliphatic carbocycles. The molecule has 1 aromatic carbocycles. The first kappa shape index (κ1) is 17.6. The lowest BCUT2D eigenvalue weighted by atomic mass is 10.2. The maximum atomic E-state index is 6.06. The van der Waals surface area contributed by atoms with Gasteiger partial charge in [0, 0.05) is 13.1 Å². The molecule has 2 aliphatic heterocycles. The van der Waals surface area contributed by atoms with Crippen molar-refractivity contribution in [3.63, 3.8) is 0 Å². The number of nitrogens with two attached hydrogens (primary N) is 1. The highest BCUT2D eigenvalue weighted by atomic mass is 127. The third-order valence-electron chi connectivity index (χ3n) is 3.48. The number of rotatable bonds is 2. The van der Waals surface area contributed by atoms with Gasteiger partial charge in [-0.15, -0.1) is 24.0 Å². The molecule has 0 bridgehead atoms. The molecular formula is C14H19BrIN3O3. The van der Waals surface area contributed by atoms with Crippen molar-refractivity contribution in [2.45, 2.75) is 19.6 Å². The van der Waals surface area contributed by atoms with Gasteiger partial charge in [-0.1, -0.05) is 0 Å². The van der Waals surface area contributed by atoms with Crippen molar-refractivity contribution in [1.29, 1.82) is 0 Å². The van der Waals surface area contributed by atoms with Crippen molar-refractivity contribution in [1.82, 2.24) is 4.90 Å². The predicted molar refractivity (Wildman–Crippen MR) is 98.0 cm³/mol. The fraction of sp³-hybridized carbons (Fsp3) is 0.500. The number of morpholine rings is 1. The number of nitrogens with zero attached hydrogens (tertiary/aromatic N) is 2. The average molecular weight is 484 g/mol. The second kappa shape index (κ2) is 7.69. The number of hydrogen-bond donors (Lipinski definition) is 1. The molecule has 1 atom stereocenters. The van der Waals surface area contributed by atoms with Crippen LogP contribution in [0.1, 0.15) is 12.5 Å². The monoisotopic (exact) mass is 483 g/mol. The predicted octanol–water partition coefficient (Wildman–Crippen LogP) is 2.33. The molecule has 0 spiro atoms. The Morgan fingerprint density at radius 1 is 1.45 bits per heavy atom. The van der Waals surface area contributed by atoms with Crippen molar-refractivity contribution < 1.29 is 14.2 Å². The van der Waals surface area contributed by atoms with Gasteiger partial charge in [-0.2, -0.15) is 0 Å². The molecule has 122 valence electrons. The SMILES string of the molecule is CC1CN(C(N)=NCc2cc(Br)c3c(c2)OCO3)CCO1.I. The van der Waals surface area contributed by atoms with Gasteiger partial charge in [0.05, 0.1) is 23.7 Å². The van der Waals surface area contributed by atoms with E-state index in [0.29, 0.717) is 19.1 Å². The summed E-state index contributed by atoms with van der Waals surface area (Å²) in [6, 6.07) is 3.91. The number of benzene rings is 1. The summed E-state index contributed by atoms with van der Waals surface area (Å²) in [7, 11) is 0. The Bertz CT molecular complexity index is 571. The van der Waals surface area contributed by atoms with Crippen LogP contribution in [0.15, 0.2) is 21.6 Å². The van der Waals surface area contributed by atoms with E-state index in [1.54, 1.807) is 0 Å². The smallest absolute Gasteiger partial charge is 0.231 e. The minimum absolute atomic E-state index is 0. The standard InChI is InChI=1S/C14H18BrN3O3.HI/c1-9-7-18(2-3-19-9)14(16)17-6-10-4-11(15)13-12(5-10)20-8-21-13;/h4-5,9H,2-3,6-8H2,1H3,(H2,16,17);1H. The molecule has 8 heteroatoms. The zero-order valence-corrected chi connectivity index (χ0v) is 16.2. The zero-order valence-electron chi connectivity index (χ0n) is 12.3. The highest BCUT2D eigenvalue weighted by Gasteiger charge is 2.19. The molecule has 1 fully saturated rings. The van der Waals surface area contributed by atoms with E-state index < -0.39 is 0 Å². The Hall–Kier alpha value is -0.740. The minimum atomic E-state index is 0. The number of fused-ring (bicyclic) bond motifs is 1. The molecular weight excluding hydrogens is 465 g/mol. The molecule has 6 nitrogen and oxygen atoms in total. The molecule has 0 aromatic heterocycles. The molecule has 2 N–H and O–H groups in total. The molecule has 22 heavy (non-hydrogen) atoms. The van der Waals surface area contributed by atoms with Crippen molar-refractivity contribution in [2.75, 3.05) is 26.5 Å². The maximum absolute atomic E-state index is 6.06. The molecule has 0 radical (unpaired) electrons. The summed E-state index contributed by atoms with van der Waals surface area (Å²) in [5.41, 5.74) is 7.09. The Balaban J connectivity index is 0.00000176. The topological polar surface area (TPSA) is 69.3 Å². The van der Waals surface area contributed by atoms with Crippen molar-refractivity contribution in [3.8, 4) is 11.5 Å². The third kappa shape index (κ3) is 3.96. The van der Waals surface area contributed by atoms with Crippen LogP contribution < -0.4 is 15.2 Å². The molecule has 1 unspecified atom stereocenters. The number of ether oxygens (including phenoxy) is 3. The highest BCUT2D eigenvalue weighted by molar-refractivity contribution is 14.0. The fourth-order valence-corrected chi connectivity index (χ4v) is 3.01. The van der Waals surface area contributed by atoms with E-state index in [9.17, 15) is 0 Å². The van der Waals surface area contributed by atoms with Crippen LogP contribution in [0.4, 0.5) is 0 Å². The first-order valence-corrected chi connectivity index (χ1v) is 7.67. The summed E-state index contributed by atoms with van der Waals surface area (Å²) < 4.78 is 17.1. The van der Waals surface area contributed by atoms with E-state index in [-0.39, 0.29) is 36.9 Å². The molecule has 3 rings (SSSR count). The number of guanidine groups is 1.